The van der Waals surface area contributed by atoms with Gasteiger partial charge < -0.3 is 10.1 Å². The lowest BCUT2D eigenvalue weighted by Crippen LogP contribution is -2.34. The second-order valence-corrected chi connectivity index (χ2v) is 6.61. The third-order valence-electron chi connectivity index (χ3n) is 2.39. The smallest absolute Gasteiger partial charge is 0.103 e. The van der Waals surface area contributed by atoms with Gasteiger partial charge in [-0.15, -0.1) is 11.3 Å². The largest absolute Gasteiger partial charge is 0.378 e. The zero-order valence-corrected chi connectivity index (χ0v) is 11.4. The second-order valence-electron chi connectivity index (χ2n) is 4.11. The van der Waals surface area contributed by atoms with Crippen molar-refractivity contribution in [2.45, 2.75) is 30.9 Å². The number of rotatable bonds is 4. The van der Waals surface area contributed by atoms with Gasteiger partial charge in [-0.2, -0.15) is 11.8 Å². The third kappa shape index (κ3) is 3.45. The fourth-order valence-corrected chi connectivity index (χ4v) is 3.19. The number of aromatic nitrogens is 1. The lowest BCUT2D eigenvalue weighted by atomic mass is 10.2. The molecule has 0 aromatic carbocycles. The van der Waals surface area contributed by atoms with Crippen molar-refractivity contribution in [1.82, 2.24) is 10.3 Å². The van der Waals surface area contributed by atoms with Crippen molar-refractivity contribution in [3.63, 3.8) is 0 Å². The highest BCUT2D eigenvalue weighted by molar-refractivity contribution is 7.99. The molecule has 0 aliphatic carbocycles. The molecule has 1 aliphatic heterocycles. The molecular weight excluding hydrogens is 240 g/mol. The van der Waals surface area contributed by atoms with Crippen LogP contribution in [0.2, 0.25) is 0 Å². The van der Waals surface area contributed by atoms with Gasteiger partial charge in [0.2, 0.25) is 0 Å². The van der Waals surface area contributed by atoms with Crippen LogP contribution in [0.4, 0.5) is 0 Å². The molecule has 0 saturated carbocycles. The number of hydrogen-bond acceptors (Lipinski definition) is 5. The van der Waals surface area contributed by atoms with Gasteiger partial charge in [0, 0.05) is 17.7 Å². The minimum Gasteiger partial charge on any atom is -0.378 e. The van der Waals surface area contributed by atoms with Crippen LogP contribution >= 0.6 is 23.1 Å². The maximum Gasteiger partial charge on any atom is 0.103 e. The Bertz CT molecular complexity index is 322. The zero-order chi connectivity index (χ0) is 11.4. The summed E-state index contributed by atoms with van der Waals surface area (Å²) in [6.07, 6.45) is 0. The van der Waals surface area contributed by atoms with Gasteiger partial charge in [0.15, 0.2) is 0 Å². The van der Waals surface area contributed by atoms with E-state index in [1.54, 1.807) is 11.3 Å². The van der Waals surface area contributed by atoms with E-state index < -0.39 is 0 Å². The summed E-state index contributed by atoms with van der Waals surface area (Å²) in [6.45, 7) is 6.93. The van der Waals surface area contributed by atoms with Gasteiger partial charge in [-0.05, 0) is 5.25 Å². The van der Waals surface area contributed by atoms with Gasteiger partial charge in [0.05, 0.1) is 24.9 Å². The Kier molecular flexibility index (Phi) is 4.64. The SMILES string of the molecule is CC(C)SCc1nc(C2COCCN2)cs1. The number of morpholine rings is 1. The number of thiazole rings is 1. The van der Waals surface area contributed by atoms with Crippen molar-refractivity contribution in [1.29, 1.82) is 0 Å². The standard InChI is InChI=1S/C11H18N2OS2/c1-8(2)15-7-11-13-10(6-16-11)9-5-14-4-3-12-9/h6,8-9,12H,3-5,7H2,1-2H3. The van der Waals surface area contributed by atoms with E-state index in [2.05, 4.69) is 29.5 Å². The Balaban J connectivity index is 1.90. The fourth-order valence-electron chi connectivity index (χ4n) is 1.54. The predicted octanol–water partition coefficient (Wildman–Crippen LogP) is 2.45. The van der Waals surface area contributed by atoms with Crippen LogP contribution in [-0.2, 0) is 10.5 Å². The van der Waals surface area contributed by atoms with Gasteiger partial charge in [0.1, 0.15) is 5.01 Å². The molecule has 0 radical (unpaired) electrons. The molecule has 0 bridgehead atoms. The van der Waals surface area contributed by atoms with E-state index in [1.807, 2.05) is 11.8 Å². The average Bonchev–Trinajstić information content (AvgIpc) is 2.76. The van der Waals surface area contributed by atoms with Crippen LogP contribution in [0.1, 0.15) is 30.6 Å². The van der Waals surface area contributed by atoms with Crippen LogP contribution < -0.4 is 5.32 Å². The number of ether oxygens (including phenoxy) is 1. The van der Waals surface area contributed by atoms with E-state index in [9.17, 15) is 0 Å². The summed E-state index contributed by atoms with van der Waals surface area (Å²) >= 11 is 3.70. The minimum absolute atomic E-state index is 0.294. The van der Waals surface area contributed by atoms with Gasteiger partial charge in [0.25, 0.3) is 0 Å². The third-order valence-corrected chi connectivity index (χ3v) is 4.54. The molecule has 1 unspecified atom stereocenters. The number of nitrogens with zero attached hydrogens (tertiary/aromatic N) is 1. The van der Waals surface area contributed by atoms with Crippen molar-refractivity contribution >= 4 is 23.1 Å². The second kappa shape index (κ2) is 6.00. The Morgan fingerprint density at radius 3 is 3.25 bits per heavy atom. The molecule has 1 fully saturated rings. The monoisotopic (exact) mass is 258 g/mol. The van der Waals surface area contributed by atoms with E-state index in [1.165, 1.54) is 5.01 Å². The molecule has 1 aromatic rings. The molecule has 1 atom stereocenters. The van der Waals surface area contributed by atoms with Gasteiger partial charge in [-0.3, -0.25) is 0 Å². The number of thioether (sulfide) groups is 1. The first-order chi connectivity index (χ1) is 7.75. The number of nitrogens with one attached hydrogen (secondary N) is 1. The van der Waals surface area contributed by atoms with Crippen molar-refractivity contribution in [2.75, 3.05) is 19.8 Å². The summed E-state index contributed by atoms with van der Waals surface area (Å²) in [5, 5.41) is 7.47. The summed E-state index contributed by atoms with van der Waals surface area (Å²) in [6, 6.07) is 0.294. The summed E-state index contributed by atoms with van der Waals surface area (Å²) in [5.74, 6) is 1.02. The Morgan fingerprint density at radius 2 is 2.56 bits per heavy atom. The molecule has 90 valence electrons. The van der Waals surface area contributed by atoms with Crippen molar-refractivity contribution in [3.8, 4) is 0 Å². The maximum absolute atomic E-state index is 5.44. The van der Waals surface area contributed by atoms with Crippen LogP contribution in [0.3, 0.4) is 0 Å². The average molecular weight is 258 g/mol. The molecule has 16 heavy (non-hydrogen) atoms. The molecule has 2 heterocycles. The zero-order valence-electron chi connectivity index (χ0n) is 9.73. The molecule has 0 amide bonds. The first-order valence-corrected chi connectivity index (χ1v) is 7.55. The first kappa shape index (κ1) is 12.4. The van der Waals surface area contributed by atoms with Crippen molar-refractivity contribution in [2.24, 2.45) is 0 Å². The van der Waals surface area contributed by atoms with Gasteiger partial charge in [-0.25, -0.2) is 4.98 Å². The highest BCUT2D eigenvalue weighted by atomic mass is 32.2. The number of hydrogen-bond donors (Lipinski definition) is 1. The summed E-state index contributed by atoms with van der Waals surface area (Å²) in [5.41, 5.74) is 1.14. The molecule has 1 N–H and O–H groups in total. The Labute approximate surface area is 105 Å². The Morgan fingerprint density at radius 1 is 1.69 bits per heavy atom. The van der Waals surface area contributed by atoms with Crippen molar-refractivity contribution in [3.05, 3.63) is 16.1 Å². The normalized spacial score (nSPS) is 21.6. The van der Waals surface area contributed by atoms with E-state index in [-0.39, 0.29) is 0 Å². The van der Waals surface area contributed by atoms with Gasteiger partial charge in [-0.1, -0.05) is 13.8 Å². The van der Waals surface area contributed by atoms with Crippen LogP contribution in [0.15, 0.2) is 5.38 Å². The summed E-state index contributed by atoms with van der Waals surface area (Å²) in [7, 11) is 0. The van der Waals surface area contributed by atoms with E-state index in [0.717, 1.165) is 31.2 Å². The van der Waals surface area contributed by atoms with E-state index in [0.29, 0.717) is 11.3 Å². The summed E-state index contributed by atoms with van der Waals surface area (Å²) < 4.78 is 5.44. The molecule has 1 aliphatic rings. The minimum atomic E-state index is 0.294. The Hall–Kier alpha value is -0.100. The molecule has 1 aromatic heterocycles. The van der Waals surface area contributed by atoms with E-state index >= 15 is 0 Å². The molecule has 3 nitrogen and oxygen atoms in total. The van der Waals surface area contributed by atoms with E-state index in [4.69, 9.17) is 4.74 Å². The quantitative estimate of drug-likeness (QED) is 0.899. The molecule has 0 spiro atoms. The highest BCUT2D eigenvalue weighted by Crippen LogP contribution is 2.23. The van der Waals surface area contributed by atoms with Crippen LogP contribution in [0, 0.1) is 0 Å². The predicted molar refractivity (Wildman–Crippen MR) is 70.1 cm³/mol. The highest BCUT2D eigenvalue weighted by Gasteiger charge is 2.17. The summed E-state index contributed by atoms with van der Waals surface area (Å²) in [4.78, 5) is 4.66. The molecular formula is C11H18N2OS2. The van der Waals surface area contributed by atoms with Crippen LogP contribution in [-0.4, -0.2) is 30.0 Å². The lowest BCUT2D eigenvalue weighted by Gasteiger charge is -2.22. The fraction of sp³-hybridized carbons (Fsp3) is 0.727. The van der Waals surface area contributed by atoms with Crippen molar-refractivity contribution < 1.29 is 4.74 Å². The lowest BCUT2D eigenvalue weighted by molar-refractivity contribution is 0.0758. The van der Waals surface area contributed by atoms with Crippen LogP contribution in [0.25, 0.3) is 0 Å². The molecule has 1 saturated heterocycles. The molecule has 2 rings (SSSR count). The first-order valence-electron chi connectivity index (χ1n) is 5.62. The van der Waals surface area contributed by atoms with Crippen LogP contribution in [0.5, 0.6) is 0 Å². The maximum atomic E-state index is 5.44. The topological polar surface area (TPSA) is 34.1 Å². The van der Waals surface area contributed by atoms with Gasteiger partial charge >= 0.3 is 0 Å². The molecule has 5 heteroatoms.